The van der Waals surface area contributed by atoms with Gasteiger partial charge >= 0.3 is 5.97 Å². The highest BCUT2D eigenvalue weighted by atomic mass is 79.9. The second-order valence-corrected chi connectivity index (χ2v) is 8.39. The van der Waals surface area contributed by atoms with Crippen LogP contribution in [0.3, 0.4) is 0 Å². The van der Waals surface area contributed by atoms with Crippen LogP contribution < -0.4 is 4.72 Å². The molecule has 1 aromatic carbocycles. The molecule has 1 unspecified atom stereocenters. The fourth-order valence-corrected chi connectivity index (χ4v) is 4.26. The molecule has 118 valence electrons. The third-order valence-corrected chi connectivity index (χ3v) is 6.18. The first kappa shape index (κ1) is 18.8. The molecule has 9 heteroatoms. The summed E-state index contributed by atoms with van der Waals surface area (Å²) in [5.41, 5.74) is -0.261. The van der Waals surface area contributed by atoms with Crippen molar-refractivity contribution in [3.8, 4) is 0 Å². The van der Waals surface area contributed by atoms with Gasteiger partial charge in [-0.1, -0.05) is 18.5 Å². The number of nitrogens with one attached hydrogen (secondary N) is 1. The number of halogens is 2. The Hall–Kier alpha value is -0.280. The molecule has 5 nitrogen and oxygen atoms in total. The number of hydrogen-bond acceptors (Lipinski definition) is 4. The molecule has 0 aliphatic rings. The van der Waals surface area contributed by atoms with E-state index in [9.17, 15) is 13.2 Å². The van der Waals surface area contributed by atoms with Crippen LogP contribution in [-0.2, 0) is 10.0 Å². The first-order valence-corrected chi connectivity index (χ1v) is 9.94. The van der Waals surface area contributed by atoms with Crippen LogP contribution in [0.25, 0.3) is 0 Å². The summed E-state index contributed by atoms with van der Waals surface area (Å²) in [6.45, 7) is 2.21. The van der Waals surface area contributed by atoms with E-state index in [1.165, 1.54) is 6.07 Å². The van der Waals surface area contributed by atoms with Crippen LogP contribution in [0.15, 0.2) is 21.5 Å². The highest BCUT2D eigenvalue weighted by molar-refractivity contribution is 9.10. The molecular weight excluding hydrogens is 402 g/mol. The van der Waals surface area contributed by atoms with E-state index in [1.807, 2.05) is 13.2 Å². The van der Waals surface area contributed by atoms with Gasteiger partial charge in [0.25, 0.3) is 0 Å². The zero-order chi connectivity index (χ0) is 16.2. The maximum absolute atomic E-state index is 12.2. The van der Waals surface area contributed by atoms with Crippen LogP contribution in [0, 0.1) is 5.92 Å². The van der Waals surface area contributed by atoms with E-state index in [4.69, 9.17) is 16.7 Å². The summed E-state index contributed by atoms with van der Waals surface area (Å²) in [5, 5.41) is 9.01. The number of sulfonamides is 1. The quantitative estimate of drug-likeness (QED) is 0.713. The number of carboxylic acid groups (broad SMARTS) is 1. The highest BCUT2D eigenvalue weighted by Crippen LogP contribution is 2.29. The number of aromatic carboxylic acids is 1. The summed E-state index contributed by atoms with van der Waals surface area (Å²) < 4.78 is 27.1. The van der Waals surface area contributed by atoms with Gasteiger partial charge in [-0.2, -0.15) is 11.8 Å². The van der Waals surface area contributed by atoms with Crippen molar-refractivity contribution in [3.05, 3.63) is 27.2 Å². The number of rotatable bonds is 7. The van der Waals surface area contributed by atoms with E-state index < -0.39 is 16.0 Å². The van der Waals surface area contributed by atoms with Gasteiger partial charge in [0, 0.05) is 11.0 Å². The standard InChI is InChI=1S/C12H15BrClNO4S2/c1-7(6-20-2)5-15-21(18,19)8-3-9(12(16)17)11(14)10(13)4-8/h3-4,7,15H,5-6H2,1-2H3,(H,16,17). The van der Waals surface area contributed by atoms with E-state index >= 15 is 0 Å². The summed E-state index contributed by atoms with van der Waals surface area (Å²) in [7, 11) is -3.78. The molecule has 1 rings (SSSR count). The van der Waals surface area contributed by atoms with Crippen molar-refractivity contribution in [2.24, 2.45) is 5.92 Å². The topological polar surface area (TPSA) is 83.5 Å². The summed E-state index contributed by atoms with van der Waals surface area (Å²) in [6.07, 6.45) is 1.94. The molecule has 21 heavy (non-hydrogen) atoms. The maximum Gasteiger partial charge on any atom is 0.337 e. The van der Waals surface area contributed by atoms with E-state index in [0.717, 1.165) is 11.8 Å². The molecule has 0 amide bonds. The van der Waals surface area contributed by atoms with Crippen LogP contribution in [0.1, 0.15) is 17.3 Å². The fourth-order valence-electron chi connectivity index (χ4n) is 1.55. The Labute approximate surface area is 141 Å². The average molecular weight is 417 g/mol. The molecule has 0 fully saturated rings. The van der Waals surface area contributed by atoms with Gasteiger partial charge in [-0.15, -0.1) is 0 Å². The molecule has 1 atom stereocenters. The molecule has 0 radical (unpaired) electrons. The van der Waals surface area contributed by atoms with Gasteiger partial charge in [0.2, 0.25) is 10.0 Å². The minimum Gasteiger partial charge on any atom is -0.478 e. The molecule has 0 saturated carbocycles. The Morgan fingerprint density at radius 1 is 1.52 bits per heavy atom. The predicted molar refractivity (Wildman–Crippen MR) is 88.8 cm³/mol. The van der Waals surface area contributed by atoms with Crippen LogP contribution in [-0.4, -0.2) is 38.0 Å². The lowest BCUT2D eigenvalue weighted by atomic mass is 10.2. The monoisotopic (exact) mass is 415 g/mol. The molecular formula is C12H15BrClNO4S2. The average Bonchev–Trinajstić information content (AvgIpc) is 2.39. The molecule has 0 bridgehead atoms. The Bertz CT molecular complexity index is 636. The van der Waals surface area contributed by atoms with Crippen LogP contribution in [0.2, 0.25) is 5.02 Å². The Morgan fingerprint density at radius 3 is 2.67 bits per heavy atom. The van der Waals surface area contributed by atoms with Gasteiger partial charge in [-0.25, -0.2) is 17.9 Å². The van der Waals surface area contributed by atoms with Crippen LogP contribution in [0.4, 0.5) is 0 Å². The molecule has 0 heterocycles. The lowest BCUT2D eigenvalue weighted by Gasteiger charge is -2.13. The van der Waals surface area contributed by atoms with E-state index in [-0.39, 0.29) is 32.4 Å². The maximum atomic E-state index is 12.2. The number of carboxylic acids is 1. The summed E-state index contributed by atoms with van der Waals surface area (Å²) in [5.74, 6) is -0.286. The van der Waals surface area contributed by atoms with Gasteiger partial charge in [0.15, 0.2) is 0 Å². The fraction of sp³-hybridized carbons (Fsp3) is 0.417. The minimum atomic E-state index is -3.78. The van der Waals surface area contributed by atoms with Crippen molar-refractivity contribution in [2.45, 2.75) is 11.8 Å². The Morgan fingerprint density at radius 2 is 2.14 bits per heavy atom. The third kappa shape index (κ3) is 5.14. The molecule has 0 aromatic heterocycles. The largest absolute Gasteiger partial charge is 0.478 e. The number of benzene rings is 1. The molecule has 2 N–H and O–H groups in total. The summed E-state index contributed by atoms with van der Waals surface area (Å²) in [6, 6.07) is 2.34. The zero-order valence-corrected chi connectivity index (χ0v) is 15.4. The number of hydrogen-bond donors (Lipinski definition) is 2. The molecule has 0 aliphatic carbocycles. The molecule has 0 spiro atoms. The third-order valence-electron chi connectivity index (χ3n) is 2.62. The second-order valence-electron chi connectivity index (χ2n) is 4.48. The van der Waals surface area contributed by atoms with Crippen molar-refractivity contribution >= 4 is 55.3 Å². The SMILES string of the molecule is CSCC(C)CNS(=O)(=O)c1cc(Br)c(Cl)c(C(=O)O)c1. The smallest absolute Gasteiger partial charge is 0.337 e. The van der Waals surface area contributed by atoms with Crippen molar-refractivity contribution in [2.75, 3.05) is 18.6 Å². The molecule has 0 saturated heterocycles. The van der Waals surface area contributed by atoms with Crippen molar-refractivity contribution < 1.29 is 18.3 Å². The van der Waals surface area contributed by atoms with Crippen molar-refractivity contribution in [3.63, 3.8) is 0 Å². The second kappa shape index (κ2) is 7.82. The highest BCUT2D eigenvalue weighted by Gasteiger charge is 2.21. The van der Waals surface area contributed by atoms with Crippen LogP contribution >= 0.6 is 39.3 Å². The summed E-state index contributed by atoms with van der Waals surface area (Å²) in [4.78, 5) is 10.9. The lowest BCUT2D eigenvalue weighted by Crippen LogP contribution is -2.29. The minimum absolute atomic E-state index is 0.0304. The molecule has 1 aromatic rings. The van der Waals surface area contributed by atoms with E-state index in [2.05, 4.69) is 20.7 Å². The van der Waals surface area contributed by atoms with Gasteiger partial charge < -0.3 is 5.11 Å². The van der Waals surface area contributed by atoms with Crippen molar-refractivity contribution in [1.29, 1.82) is 0 Å². The van der Waals surface area contributed by atoms with E-state index in [0.29, 0.717) is 0 Å². The molecule has 0 aliphatic heterocycles. The normalized spacial score (nSPS) is 13.1. The van der Waals surface area contributed by atoms with Gasteiger partial charge in [0.05, 0.1) is 15.5 Å². The first-order valence-electron chi connectivity index (χ1n) is 5.90. The van der Waals surface area contributed by atoms with Crippen LogP contribution in [0.5, 0.6) is 0 Å². The van der Waals surface area contributed by atoms with Gasteiger partial charge in [0.1, 0.15) is 0 Å². The predicted octanol–water partition coefficient (Wildman–Crippen LogP) is 3.08. The first-order chi connectivity index (χ1) is 9.69. The van der Waals surface area contributed by atoms with Gasteiger partial charge in [-0.05, 0) is 46.0 Å². The number of thioether (sulfide) groups is 1. The Kier molecular flexibility index (Phi) is 6.99. The van der Waals surface area contributed by atoms with Crippen molar-refractivity contribution in [1.82, 2.24) is 4.72 Å². The van der Waals surface area contributed by atoms with Gasteiger partial charge in [-0.3, -0.25) is 0 Å². The lowest BCUT2D eigenvalue weighted by molar-refractivity contribution is 0.0696. The zero-order valence-electron chi connectivity index (χ0n) is 11.4. The Balaban J connectivity index is 3.06. The van der Waals surface area contributed by atoms with E-state index in [1.54, 1.807) is 11.8 Å². The summed E-state index contributed by atoms with van der Waals surface area (Å²) >= 11 is 10.5. The number of carbonyl (C=O) groups is 1.